The maximum absolute atomic E-state index is 9.57. The lowest BCUT2D eigenvalue weighted by Crippen LogP contribution is -2.32. The molecule has 8 heteroatoms. The van der Waals surface area contributed by atoms with Gasteiger partial charge in [0.1, 0.15) is 0 Å². The predicted octanol–water partition coefficient (Wildman–Crippen LogP) is -0.354. The minimum atomic E-state index is -0.799. The van der Waals surface area contributed by atoms with Gasteiger partial charge in [-0.1, -0.05) is 0 Å². The number of nitrogens with zero attached hydrogens (tertiary/aromatic N) is 1. The van der Waals surface area contributed by atoms with Crippen molar-refractivity contribution in [3.63, 3.8) is 0 Å². The van der Waals surface area contributed by atoms with Crippen molar-refractivity contribution in [3.05, 3.63) is 18.2 Å². The molecule has 0 aromatic heterocycles. The van der Waals surface area contributed by atoms with Gasteiger partial charge in [-0.05, 0) is 31.0 Å². The van der Waals surface area contributed by atoms with Crippen LogP contribution in [0.15, 0.2) is 23.1 Å². The van der Waals surface area contributed by atoms with Crippen LogP contribution in [0.5, 0.6) is 0 Å². The van der Waals surface area contributed by atoms with Crippen molar-refractivity contribution in [2.45, 2.75) is 29.9 Å². The van der Waals surface area contributed by atoms with E-state index in [2.05, 4.69) is 0 Å². The van der Waals surface area contributed by atoms with E-state index in [9.17, 15) is 10.2 Å². The highest BCUT2D eigenvalue weighted by molar-refractivity contribution is 7.99. The van der Waals surface area contributed by atoms with Crippen LogP contribution in [0.1, 0.15) is 12.8 Å². The fourth-order valence-electron chi connectivity index (χ4n) is 2.16. The van der Waals surface area contributed by atoms with Crippen LogP contribution in [0.25, 0.3) is 0 Å². The molecule has 0 radical (unpaired) electrons. The van der Waals surface area contributed by atoms with E-state index in [0.29, 0.717) is 37.4 Å². The SMILES string of the molecule is Nc1ccc(N(CCC(O)CO)CCC(O)CO)cc1SCCO. The molecule has 1 rings (SSSR count). The van der Waals surface area contributed by atoms with E-state index in [1.807, 2.05) is 17.0 Å². The van der Waals surface area contributed by atoms with Gasteiger partial charge in [0.15, 0.2) is 0 Å². The summed E-state index contributed by atoms with van der Waals surface area (Å²) in [5, 5.41) is 46.0. The van der Waals surface area contributed by atoms with Gasteiger partial charge in [-0.25, -0.2) is 0 Å². The highest BCUT2D eigenvalue weighted by Crippen LogP contribution is 2.30. The summed E-state index contributed by atoms with van der Waals surface area (Å²) in [7, 11) is 0. The molecule has 0 aliphatic carbocycles. The Hall–Kier alpha value is -1.03. The normalized spacial score (nSPS) is 13.7. The van der Waals surface area contributed by atoms with Crippen molar-refractivity contribution in [2.75, 3.05) is 49.3 Å². The molecule has 0 saturated heterocycles. The number of rotatable bonds is 12. The standard InChI is InChI=1S/C16H28N2O5S/c17-15-2-1-12(9-16(15)24-8-7-19)18(5-3-13(22)10-20)6-4-14(23)11-21/h1-2,9,13-14,19-23H,3-8,10-11,17H2. The zero-order chi connectivity index (χ0) is 17.9. The second-order valence-corrected chi connectivity index (χ2v) is 6.67. The molecular formula is C16H28N2O5S. The van der Waals surface area contributed by atoms with Crippen LogP contribution in [0.2, 0.25) is 0 Å². The Kier molecular flexibility index (Phi) is 10.1. The first-order valence-electron chi connectivity index (χ1n) is 7.97. The summed E-state index contributed by atoms with van der Waals surface area (Å²) in [4.78, 5) is 2.83. The first-order valence-corrected chi connectivity index (χ1v) is 8.96. The fourth-order valence-corrected chi connectivity index (χ4v) is 2.91. The van der Waals surface area contributed by atoms with Crippen molar-refractivity contribution in [1.82, 2.24) is 0 Å². The van der Waals surface area contributed by atoms with Crippen molar-refractivity contribution < 1.29 is 25.5 Å². The maximum Gasteiger partial charge on any atom is 0.0787 e. The number of aliphatic hydroxyl groups excluding tert-OH is 5. The molecule has 0 heterocycles. The molecule has 0 fully saturated rings. The summed E-state index contributed by atoms with van der Waals surface area (Å²) < 4.78 is 0. The number of aliphatic hydroxyl groups is 5. The highest BCUT2D eigenvalue weighted by atomic mass is 32.2. The second kappa shape index (κ2) is 11.5. The first kappa shape index (κ1) is 21.0. The van der Waals surface area contributed by atoms with Gasteiger partial charge in [0, 0.05) is 35.1 Å². The molecule has 0 spiro atoms. The number of thioether (sulfide) groups is 1. The molecule has 0 aliphatic heterocycles. The van der Waals surface area contributed by atoms with E-state index < -0.39 is 12.2 Å². The average molecular weight is 360 g/mol. The lowest BCUT2D eigenvalue weighted by Gasteiger charge is -2.27. The Morgan fingerprint density at radius 3 is 2.08 bits per heavy atom. The number of nitrogens with two attached hydrogens (primary N) is 1. The van der Waals surface area contributed by atoms with Crippen molar-refractivity contribution in [1.29, 1.82) is 0 Å². The molecule has 0 amide bonds. The quantitative estimate of drug-likeness (QED) is 0.220. The third-order valence-corrected chi connectivity index (χ3v) is 4.65. The van der Waals surface area contributed by atoms with E-state index in [0.717, 1.165) is 10.6 Å². The predicted molar refractivity (Wildman–Crippen MR) is 96.3 cm³/mol. The third kappa shape index (κ3) is 7.25. The smallest absolute Gasteiger partial charge is 0.0787 e. The molecule has 0 bridgehead atoms. The van der Waals surface area contributed by atoms with Crippen LogP contribution >= 0.6 is 11.8 Å². The van der Waals surface area contributed by atoms with Gasteiger partial charge in [-0.2, -0.15) is 0 Å². The molecule has 2 unspecified atom stereocenters. The molecule has 1 aromatic rings. The topological polar surface area (TPSA) is 130 Å². The van der Waals surface area contributed by atoms with E-state index in [1.165, 1.54) is 11.8 Å². The number of hydrogen-bond donors (Lipinski definition) is 6. The fraction of sp³-hybridized carbons (Fsp3) is 0.625. The molecule has 0 saturated carbocycles. The largest absolute Gasteiger partial charge is 0.398 e. The number of anilines is 2. The van der Waals surface area contributed by atoms with Crippen LogP contribution in [0.3, 0.4) is 0 Å². The zero-order valence-corrected chi connectivity index (χ0v) is 14.5. The zero-order valence-electron chi connectivity index (χ0n) is 13.7. The summed E-state index contributed by atoms with van der Waals surface area (Å²) in [5.74, 6) is 0.542. The number of hydrogen-bond acceptors (Lipinski definition) is 8. The summed E-state index contributed by atoms with van der Waals surface area (Å²) in [5.41, 5.74) is 7.45. The average Bonchev–Trinajstić information content (AvgIpc) is 2.60. The molecule has 2 atom stereocenters. The van der Waals surface area contributed by atoms with E-state index in [-0.39, 0.29) is 19.8 Å². The Balaban J connectivity index is 2.86. The lowest BCUT2D eigenvalue weighted by molar-refractivity contribution is 0.0854. The summed E-state index contributed by atoms with van der Waals surface area (Å²) in [6, 6.07) is 5.55. The van der Waals surface area contributed by atoms with E-state index >= 15 is 0 Å². The highest BCUT2D eigenvalue weighted by Gasteiger charge is 2.13. The first-order chi connectivity index (χ1) is 11.5. The van der Waals surface area contributed by atoms with Gasteiger partial charge >= 0.3 is 0 Å². The monoisotopic (exact) mass is 360 g/mol. The van der Waals surface area contributed by atoms with Gasteiger partial charge in [-0.3, -0.25) is 0 Å². The molecule has 1 aromatic carbocycles. The van der Waals surface area contributed by atoms with Crippen LogP contribution in [-0.2, 0) is 0 Å². The van der Waals surface area contributed by atoms with E-state index in [1.54, 1.807) is 6.07 Å². The van der Waals surface area contributed by atoms with Crippen LogP contribution in [0.4, 0.5) is 11.4 Å². The lowest BCUT2D eigenvalue weighted by atomic mass is 10.2. The second-order valence-electron chi connectivity index (χ2n) is 5.53. The molecule has 138 valence electrons. The van der Waals surface area contributed by atoms with Gasteiger partial charge in [0.25, 0.3) is 0 Å². The van der Waals surface area contributed by atoms with Crippen LogP contribution < -0.4 is 10.6 Å². The van der Waals surface area contributed by atoms with Gasteiger partial charge in [0.2, 0.25) is 0 Å². The summed E-state index contributed by atoms with van der Waals surface area (Å²) in [6.07, 6.45) is -0.829. The van der Waals surface area contributed by atoms with Gasteiger partial charge in [-0.15, -0.1) is 11.8 Å². The molecule has 7 nitrogen and oxygen atoms in total. The molecule has 7 N–H and O–H groups in total. The van der Waals surface area contributed by atoms with Gasteiger partial charge < -0.3 is 36.2 Å². The molecule has 0 aliphatic rings. The van der Waals surface area contributed by atoms with Crippen LogP contribution in [-0.4, -0.2) is 76.4 Å². The number of benzene rings is 1. The summed E-state index contributed by atoms with van der Waals surface area (Å²) in [6.45, 7) is 0.449. The maximum atomic E-state index is 9.57. The molecule has 24 heavy (non-hydrogen) atoms. The van der Waals surface area contributed by atoms with Gasteiger partial charge in [0.05, 0.1) is 32.0 Å². The third-order valence-electron chi connectivity index (χ3n) is 3.60. The minimum absolute atomic E-state index is 0.0590. The van der Waals surface area contributed by atoms with E-state index in [4.69, 9.17) is 21.1 Å². The molecular weight excluding hydrogens is 332 g/mol. The van der Waals surface area contributed by atoms with Crippen molar-refractivity contribution >= 4 is 23.1 Å². The Morgan fingerprint density at radius 2 is 1.58 bits per heavy atom. The van der Waals surface area contributed by atoms with Crippen LogP contribution in [0, 0.1) is 0 Å². The Morgan fingerprint density at radius 1 is 1.00 bits per heavy atom. The number of nitrogen functional groups attached to an aromatic ring is 1. The Labute approximate surface area is 146 Å². The van der Waals surface area contributed by atoms with Crippen molar-refractivity contribution in [3.8, 4) is 0 Å². The minimum Gasteiger partial charge on any atom is -0.398 e. The Bertz CT molecular complexity index is 464. The van der Waals surface area contributed by atoms with Crippen molar-refractivity contribution in [2.24, 2.45) is 0 Å². The summed E-state index contributed by atoms with van der Waals surface area (Å²) >= 11 is 1.46.